The van der Waals surface area contributed by atoms with Crippen LogP contribution in [0.3, 0.4) is 0 Å². The number of aliphatic hydroxyl groups excluding tert-OH is 4. The number of carbonyl (C=O) groups excluding carboxylic acids is 1. The van der Waals surface area contributed by atoms with Gasteiger partial charge in [0.1, 0.15) is 6.10 Å². The van der Waals surface area contributed by atoms with Crippen molar-refractivity contribution in [3.05, 3.63) is 11.6 Å². The van der Waals surface area contributed by atoms with Gasteiger partial charge in [0.2, 0.25) is 0 Å². The molecule has 4 N–H and O–H groups in total. The summed E-state index contributed by atoms with van der Waals surface area (Å²) in [4.78, 5) is 11.7. The number of esters is 1. The smallest absolute Gasteiger partial charge is 0.334 e. The van der Waals surface area contributed by atoms with Crippen LogP contribution in [-0.2, 0) is 14.3 Å². The summed E-state index contributed by atoms with van der Waals surface area (Å²) in [7, 11) is 0. The zero-order valence-corrected chi connectivity index (χ0v) is 26.9. The minimum absolute atomic E-state index is 0.138. The monoisotopic (exact) mass is 596 g/mol. The minimum Gasteiger partial charge on any atom is -0.455 e. The highest BCUT2D eigenvalue weighted by molar-refractivity contribution is 5.90. The van der Waals surface area contributed by atoms with Crippen LogP contribution in [0.4, 0.5) is 0 Å². The van der Waals surface area contributed by atoms with Crippen LogP contribution in [0.5, 0.6) is 0 Å². The lowest BCUT2D eigenvalue weighted by atomic mass is 9.99. The van der Waals surface area contributed by atoms with Crippen LogP contribution in [0.15, 0.2) is 11.6 Å². The zero-order valence-electron chi connectivity index (χ0n) is 26.9. The Morgan fingerprint density at radius 3 is 1.55 bits per heavy atom. The van der Waals surface area contributed by atoms with Crippen molar-refractivity contribution in [3.8, 4) is 0 Å². The van der Waals surface area contributed by atoms with Gasteiger partial charge in [-0.05, 0) is 57.9 Å². The Labute approximate surface area is 256 Å². The standard InChI is InChI=1S/C35H64O7/c1-3-4-5-8-13-18-29(36)19-14-9-6-11-16-21-31(38)33-23-24-34(42-33)32(39)22-17-12-7-10-15-20-30(37)26-28-25-27(2)41-35(28)40/h25,27,29-34,36-39H,3-24,26H2,1-2H3/t27-,29?,30-,31+,32+,33+,34+/m0/s1. The van der Waals surface area contributed by atoms with Crippen LogP contribution in [0.2, 0.25) is 0 Å². The molecule has 7 heteroatoms. The first kappa shape index (κ1) is 37.2. The lowest BCUT2D eigenvalue weighted by molar-refractivity contribution is -0.139. The van der Waals surface area contributed by atoms with Gasteiger partial charge >= 0.3 is 5.97 Å². The Morgan fingerprint density at radius 1 is 0.667 bits per heavy atom. The van der Waals surface area contributed by atoms with E-state index in [2.05, 4.69) is 6.92 Å². The Kier molecular flexibility index (Phi) is 19.9. The molecule has 0 radical (unpaired) electrons. The molecule has 2 aliphatic heterocycles. The van der Waals surface area contributed by atoms with Gasteiger partial charge in [0, 0.05) is 12.0 Å². The average Bonchev–Trinajstić information content (AvgIpc) is 3.58. The minimum atomic E-state index is -0.502. The van der Waals surface area contributed by atoms with E-state index in [1.165, 1.54) is 25.7 Å². The molecule has 1 saturated heterocycles. The number of hydrogen-bond acceptors (Lipinski definition) is 7. The third kappa shape index (κ3) is 16.2. The van der Waals surface area contributed by atoms with Crippen LogP contribution in [0.25, 0.3) is 0 Å². The van der Waals surface area contributed by atoms with Gasteiger partial charge in [0.25, 0.3) is 0 Å². The van der Waals surface area contributed by atoms with Crippen LogP contribution < -0.4 is 0 Å². The van der Waals surface area contributed by atoms with Gasteiger partial charge in [-0.15, -0.1) is 0 Å². The molecular formula is C35H64O7. The quantitative estimate of drug-likeness (QED) is 0.0624. The van der Waals surface area contributed by atoms with Crippen molar-refractivity contribution in [2.45, 2.75) is 204 Å². The fourth-order valence-electron chi connectivity index (χ4n) is 6.42. The average molecular weight is 597 g/mol. The van der Waals surface area contributed by atoms with Gasteiger partial charge in [0.05, 0.1) is 36.6 Å². The largest absolute Gasteiger partial charge is 0.455 e. The van der Waals surface area contributed by atoms with Gasteiger partial charge in [-0.2, -0.15) is 0 Å². The van der Waals surface area contributed by atoms with Gasteiger partial charge < -0.3 is 29.9 Å². The van der Waals surface area contributed by atoms with Gasteiger partial charge in [-0.25, -0.2) is 4.79 Å². The first-order valence-electron chi connectivity index (χ1n) is 17.6. The van der Waals surface area contributed by atoms with E-state index in [1.54, 1.807) is 6.08 Å². The maximum absolute atomic E-state index is 11.7. The van der Waals surface area contributed by atoms with E-state index < -0.39 is 18.3 Å². The second-order valence-corrected chi connectivity index (χ2v) is 13.1. The zero-order chi connectivity index (χ0) is 30.6. The number of cyclic esters (lactones) is 1. The number of rotatable bonds is 26. The van der Waals surface area contributed by atoms with Gasteiger partial charge in [0.15, 0.2) is 0 Å². The molecule has 2 aliphatic rings. The van der Waals surface area contributed by atoms with E-state index in [0.29, 0.717) is 18.4 Å². The van der Waals surface area contributed by atoms with E-state index in [4.69, 9.17) is 9.47 Å². The van der Waals surface area contributed by atoms with E-state index in [9.17, 15) is 25.2 Å². The van der Waals surface area contributed by atoms with E-state index in [0.717, 1.165) is 109 Å². The lowest BCUT2D eigenvalue weighted by Crippen LogP contribution is -2.31. The number of ether oxygens (including phenoxy) is 2. The molecule has 42 heavy (non-hydrogen) atoms. The topological polar surface area (TPSA) is 116 Å². The summed E-state index contributed by atoms with van der Waals surface area (Å²) in [5.41, 5.74) is 0.592. The molecule has 0 aliphatic carbocycles. The molecule has 7 atom stereocenters. The van der Waals surface area contributed by atoms with Crippen molar-refractivity contribution in [2.24, 2.45) is 0 Å². The van der Waals surface area contributed by atoms with E-state index in [-0.39, 0.29) is 30.4 Å². The highest BCUT2D eigenvalue weighted by Gasteiger charge is 2.34. The summed E-state index contributed by atoms with van der Waals surface area (Å²) in [5.74, 6) is -0.301. The summed E-state index contributed by atoms with van der Waals surface area (Å²) >= 11 is 0. The predicted molar refractivity (Wildman–Crippen MR) is 168 cm³/mol. The molecule has 1 fully saturated rings. The van der Waals surface area contributed by atoms with Crippen molar-refractivity contribution in [3.63, 3.8) is 0 Å². The number of aliphatic hydroxyl groups is 4. The van der Waals surface area contributed by atoms with Crippen molar-refractivity contribution < 1.29 is 34.7 Å². The van der Waals surface area contributed by atoms with Crippen molar-refractivity contribution >= 4 is 5.97 Å². The highest BCUT2D eigenvalue weighted by Crippen LogP contribution is 2.28. The number of carbonyl (C=O) groups is 1. The summed E-state index contributed by atoms with van der Waals surface area (Å²) in [6, 6.07) is 0. The van der Waals surface area contributed by atoms with Crippen LogP contribution >= 0.6 is 0 Å². The van der Waals surface area contributed by atoms with Crippen molar-refractivity contribution in [1.82, 2.24) is 0 Å². The molecule has 0 bridgehead atoms. The first-order valence-corrected chi connectivity index (χ1v) is 17.6. The summed E-state index contributed by atoms with van der Waals surface area (Å²) in [6.45, 7) is 4.05. The summed E-state index contributed by atoms with van der Waals surface area (Å²) in [5, 5.41) is 41.6. The molecule has 2 rings (SSSR count). The van der Waals surface area contributed by atoms with Gasteiger partial charge in [-0.1, -0.05) is 103 Å². The molecule has 0 amide bonds. The van der Waals surface area contributed by atoms with Crippen LogP contribution in [0, 0.1) is 0 Å². The Balaban J connectivity index is 1.40. The second kappa shape index (κ2) is 22.5. The SMILES string of the molecule is CCCCCCCC(O)CCCCCCC[C@@H](O)[C@H]1CC[C@H]([C@H](O)CCCCCCC[C@H](O)CC2=C[C@H](C)OC2=O)O1. The van der Waals surface area contributed by atoms with Crippen LogP contribution in [-0.4, -0.2) is 69.1 Å². The molecule has 0 aromatic rings. The molecular weight excluding hydrogens is 532 g/mol. The second-order valence-electron chi connectivity index (χ2n) is 13.1. The maximum Gasteiger partial charge on any atom is 0.334 e. The fraction of sp³-hybridized carbons (Fsp3) is 0.914. The molecule has 0 saturated carbocycles. The molecule has 0 aromatic heterocycles. The third-order valence-corrected chi connectivity index (χ3v) is 9.11. The Hall–Kier alpha value is -0.990. The van der Waals surface area contributed by atoms with E-state index >= 15 is 0 Å². The van der Waals surface area contributed by atoms with Gasteiger partial charge in [-0.3, -0.25) is 0 Å². The number of unbranched alkanes of at least 4 members (excludes halogenated alkanes) is 12. The lowest BCUT2D eigenvalue weighted by Gasteiger charge is -2.22. The normalized spacial score (nSPS) is 23.5. The van der Waals surface area contributed by atoms with Crippen LogP contribution in [0.1, 0.15) is 162 Å². The van der Waals surface area contributed by atoms with Crippen molar-refractivity contribution in [1.29, 1.82) is 0 Å². The van der Waals surface area contributed by atoms with E-state index in [1.807, 2.05) is 6.92 Å². The fourth-order valence-corrected chi connectivity index (χ4v) is 6.42. The molecule has 0 spiro atoms. The summed E-state index contributed by atoms with van der Waals surface area (Å²) in [6.07, 6.45) is 22.5. The third-order valence-electron chi connectivity index (χ3n) is 9.11. The Morgan fingerprint density at radius 2 is 1.10 bits per heavy atom. The first-order chi connectivity index (χ1) is 20.3. The molecule has 7 nitrogen and oxygen atoms in total. The molecule has 1 unspecified atom stereocenters. The predicted octanol–water partition coefficient (Wildman–Crippen LogP) is 7.06. The highest BCUT2D eigenvalue weighted by atomic mass is 16.5. The summed E-state index contributed by atoms with van der Waals surface area (Å²) < 4.78 is 11.1. The molecule has 246 valence electrons. The number of hydrogen-bond donors (Lipinski definition) is 4. The molecule has 2 heterocycles. The molecule has 0 aromatic carbocycles. The maximum atomic E-state index is 11.7. The van der Waals surface area contributed by atoms with Crippen molar-refractivity contribution in [2.75, 3.05) is 0 Å². The Bertz CT molecular complexity index is 726.